The summed E-state index contributed by atoms with van der Waals surface area (Å²) in [5.41, 5.74) is 4.70. The first-order valence-electron chi connectivity index (χ1n) is 12.5. The van der Waals surface area contributed by atoms with E-state index in [1.807, 2.05) is 45.0 Å². The number of hydrogen-bond donors (Lipinski definition) is 1. The number of piperazine rings is 1. The minimum absolute atomic E-state index is 0.174. The highest BCUT2D eigenvalue weighted by molar-refractivity contribution is 9.10. The van der Waals surface area contributed by atoms with Gasteiger partial charge in [-0.15, -0.1) is 0 Å². The predicted octanol–water partition coefficient (Wildman–Crippen LogP) is 4.04. The number of imide groups is 1. The number of ether oxygens (including phenoxy) is 1. The molecule has 0 aliphatic carbocycles. The van der Waals surface area contributed by atoms with Crippen molar-refractivity contribution in [2.45, 2.75) is 52.7 Å². The van der Waals surface area contributed by atoms with E-state index in [1.165, 1.54) is 0 Å². The number of aromatic nitrogens is 1. The van der Waals surface area contributed by atoms with E-state index in [0.717, 1.165) is 26.7 Å². The third kappa shape index (κ3) is 6.21. The summed E-state index contributed by atoms with van der Waals surface area (Å²) in [6.07, 6.45) is 0.819. The van der Waals surface area contributed by atoms with E-state index in [4.69, 9.17) is 4.74 Å². The van der Waals surface area contributed by atoms with Crippen LogP contribution >= 0.6 is 15.9 Å². The zero-order valence-corrected chi connectivity index (χ0v) is 23.6. The van der Waals surface area contributed by atoms with Gasteiger partial charge in [0.1, 0.15) is 17.7 Å². The number of nitrogens with zero attached hydrogens (tertiary/aromatic N) is 4. The first-order chi connectivity index (χ1) is 18.0. The number of rotatable bonds is 7. The quantitative estimate of drug-likeness (QED) is 0.382. The van der Waals surface area contributed by atoms with Crippen molar-refractivity contribution in [2.24, 2.45) is 0 Å². The largest absolute Gasteiger partial charge is 0.444 e. The second-order valence-corrected chi connectivity index (χ2v) is 11.4. The number of nitrogens with one attached hydrogen (secondary N) is 1. The van der Waals surface area contributed by atoms with E-state index in [2.05, 4.69) is 31.2 Å². The molecule has 0 spiro atoms. The van der Waals surface area contributed by atoms with Crippen LogP contribution in [0.1, 0.15) is 46.1 Å². The summed E-state index contributed by atoms with van der Waals surface area (Å²) in [7, 11) is 0. The highest BCUT2D eigenvalue weighted by Crippen LogP contribution is 2.28. The zero-order chi connectivity index (χ0) is 27.6. The molecule has 2 aliphatic rings. The molecular weight excluding hydrogens is 554 g/mol. The van der Waals surface area contributed by atoms with Crippen molar-refractivity contribution < 1.29 is 23.9 Å². The number of pyridine rings is 1. The minimum Gasteiger partial charge on any atom is -0.444 e. The fraction of sp³-hybridized carbons (Fsp3) is 0.444. The monoisotopic (exact) mass is 585 g/mol. The summed E-state index contributed by atoms with van der Waals surface area (Å²) in [6.45, 7) is 10.2. The number of anilines is 1. The van der Waals surface area contributed by atoms with Crippen LogP contribution in [0, 0.1) is 0 Å². The summed E-state index contributed by atoms with van der Waals surface area (Å²) < 4.78 is 6.35. The van der Waals surface area contributed by atoms with Gasteiger partial charge in [0.25, 0.3) is 11.8 Å². The lowest BCUT2D eigenvalue weighted by Crippen LogP contribution is -2.49. The zero-order valence-electron chi connectivity index (χ0n) is 22.0. The lowest BCUT2D eigenvalue weighted by molar-refractivity contribution is -0.136. The van der Waals surface area contributed by atoms with Crippen LogP contribution in [0.4, 0.5) is 10.6 Å². The number of aldehydes is 1. The van der Waals surface area contributed by atoms with Crippen LogP contribution in [0.5, 0.6) is 0 Å². The molecule has 4 rings (SSSR count). The van der Waals surface area contributed by atoms with Gasteiger partial charge in [0, 0.05) is 60.1 Å². The molecule has 0 radical (unpaired) electrons. The predicted molar refractivity (Wildman–Crippen MR) is 146 cm³/mol. The maximum absolute atomic E-state index is 12.9. The Morgan fingerprint density at radius 3 is 2.50 bits per heavy atom. The summed E-state index contributed by atoms with van der Waals surface area (Å²) in [6, 6.07) is 7.66. The van der Waals surface area contributed by atoms with Crippen LogP contribution in [0.3, 0.4) is 0 Å². The van der Waals surface area contributed by atoms with Gasteiger partial charge in [-0.3, -0.25) is 19.9 Å². The molecule has 1 fully saturated rings. The highest BCUT2D eigenvalue weighted by Gasteiger charge is 2.36. The average molecular weight is 586 g/mol. The number of carbonyl (C=O) groups is 4. The summed E-state index contributed by atoms with van der Waals surface area (Å²) in [4.78, 5) is 57.6. The Hall–Kier alpha value is -3.31. The SMILES string of the molecule is CC1=C(CCC=O)C(=O)N(Nc2cc(CN3CCN(C(=O)OC(C)(C)C)CC3)c3ccc(Br)cc3n2)C1=O. The molecule has 1 aromatic heterocycles. The smallest absolute Gasteiger partial charge is 0.410 e. The van der Waals surface area contributed by atoms with Crippen LogP contribution in [-0.4, -0.2) is 75.8 Å². The molecule has 38 heavy (non-hydrogen) atoms. The van der Waals surface area contributed by atoms with Crippen LogP contribution in [0.15, 0.2) is 39.9 Å². The van der Waals surface area contributed by atoms with E-state index in [-0.39, 0.29) is 18.9 Å². The molecule has 11 heteroatoms. The second kappa shape index (κ2) is 11.2. The molecule has 3 heterocycles. The van der Waals surface area contributed by atoms with Gasteiger partial charge in [-0.05, 0) is 57.9 Å². The van der Waals surface area contributed by atoms with Crippen LogP contribution in [0.2, 0.25) is 0 Å². The maximum Gasteiger partial charge on any atom is 0.410 e. The van der Waals surface area contributed by atoms with E-state index in [0.29, 0.717) is 55.2 Å². The van der Waals surface area contributed by atoms with Gasteiger partial charge in [-0.1, -0.05) is 22.0 Å². The lowest BCUT2D eigenvalue weighted by atomic mass is 10.1. The lowest BCUT2D eigenvalue weighted by Gasteiger charge is -2.35. The molecule has 10 nitrogen and oxygen atoms in total. The fourth-order valence-electron chi connectivity index (χ4n) is 4.52. The minimum atomic E-state index is -0.538. The molecule has 202 valence electrons. The molecule has 2 aromatic rings. The maximum atomic E-state index is 12.9. The molecular formula is C27H32BrN5O5. The normalized spacial score (nSPS) is 17.0. The van der Waals surface area contributed by atoms with Crippen LogP contribution in [-0.2, 0) is 25.7 Å². The molecule has 0 unspecified atom stereocenters. The third-order valence-corrected chi connectivity index (χ3v) is 6.95. The Bertz CT molecular complexity index is 1310. The molecule has 2 aliphatic heterocycles. The van der Waals surface area contributed by atoms with Gasteiger partial charge in [0.15, 0.2) is 0 Å². The highest BCUT2D eigenvalue weighted by atomic mass is 79.9. The van der Waals surface area contributed by atoms with Crippen LogP contribution in [0.25, 0.3) is 10.9 Å². The number of hydrazine groups is 1. The number of fused-ring (bicyclic) bond motifs is 1. The van der Waals surface area contributed by atoms with Crippen molar-refractivity contribution in [1.82, 2.24) is 19.8 Å². The summed E-state index contributed by atoms with van der Waals surface area (Å²) >= 11 is 3.49. The van der Waals surface area contributed by atoms with Gasteiger partial charge >= 0.3 is 6.09 Å². The number of benzene rings is 1. The molecule has 0 atom stereocenters. The summed E-state index contributed by atoms with van der Waals surface area (Å²) in [5.74, 6) is -0.554. The van der Waals surface area contributed by atoms with Crippen molar-refractivity contribution in [2.75, 3.05) is 31.6 Å². The summed E-state index contributed by atoms with van der Waals surface area (Å²) in [5, 5.41) is 1.92. The average Bonchev–Trinajstić information content (AvgIpc) is 3.04. The van der Waals surface area contributed by atoms with E-state index >= 15 is 0 Å². The van der Waals surface area contributed by atoms with E-state index in [1.54, 1.807) is 11.8 Å². The molecule has 3 amide bonds. The topological polar surface area (TPSA) is 112 Å². The molecule has 1 saturated heterocycles. The Labute approximate surface area is 230 Å². The molecule has 1 N–H and O–H groups in total. The Morgan fingerprint density at radius 1 is 1.13 bits per heavy atom. The van der Waals surface area contributed by atoms with Gasteiger partial charge in [0.2, 0.25) is 0 Å². The van der Waals surface area contributed by atoms with Gasteiger partial charge < -0.3 is 14.4 Å². The van der Waals surface area contributed by atoms with Crippen molar-refractivity contribution in [3.8, 4) is 0 Å². The number of amides is 3. The molecule has 0 bridgehead atoms. The Kier molecular flexibility index (Phi) is 8.17. The Morgan fingerprint density at radius 2 is 1.84 bits per heavy atom. The van der Waals surface area contributed by atoms with Crippen molar-refractivity contribution in [3.63, 3.8) is 0 Å². The van der Waals surface area contributed by atoms with Crippen molar-refractivity contribution in [1.29, 1.82) is 0 Å². The third-order valence-electron chi connectivity index (χ3n) is 6.45. The van der Waals surface area contributed by atoms with E-state index in [9.17, 15) is 19.2 Å². The molecule has 0 saturated carbocycles. The Balaban J connectivity index is 1.52. The van der Waals surface area contributed by atoms with E-state index < -0.39 is 17.4 Å². The van der Waals surface area contributed by atoms with Gasteiger partial charge in [-0.2, -0.15) is 5.01 Å². The van der Waals surface area contributed by atoms with Crippen molar-refractivity contribution in [3.05, 3.63) is 45.4 Å². The second-order valence-electron chi connectivity index (χ2n) is 10.4. The number of hydrogen-bond acceptors (Lipinski definition) is 8. The van der Waals surface area contributed by atoms with Gasteiger partial charge in [0.05, 0.1) is 5.52 Å². The molecule has 1 aromatic carbocycles. The first-order valence-corrected chi connectivity index (χ1v) is 13.3. The van der Waals surface area contributed by atoms with Crippen molar-refractivity contribution >= 4 is 56.8 Å². The van der Waals surface area contributed by atoms with Crippen LogP contribution < -0.4 is 5.43 Å². The number of halogens is 1. The standard InChI is InChI=1S/C27H32BrN5O5/c1-17-20(6-5-13-34)25(36)33(24(17)35)30-23-14-18(21-8-7-19(28)15-22(21)29-23)16-31-9-11-32(12-10-31)26(37)38-27(2,3)4/h7-8,13-15H,5-6,9-12,16H2,1-4H3,(H,29,30). The fourth-order valence-corrected chi connectivity index (χ4v) is 4.86. The van der Waals surface area contributed by atoms with Gasteiger partial charge in [-0.25, -0.2) is 9.78 Å². The first kappa shape index (κ1) is 27.7. The number of carbonyl (C=O) groups excluding carboxylic acids is 4.